The SMILES string of the molecule is CC(C)(C)N1C(=O)c2ccc(C(=O)Nc3c(C#N)cnn3-c3ccccn3)cc2C1=O. The number of imide groups is 1. The van der Waals surface area contributed by atoms with Crippen LogP contribution in [0.2, 0.25) is 0 Å². The molecule has 0 spiro atoms. The van der Waals surface area contributed by atoms with E-state index in [2.05, 4.69) is 15.4 Å². The van der Waals surface area contributed by atoms with Gasteiger partial charge >= 0.3 is 0 Å². The van der Waals surface area contributed by atoms with Crippen LogP contribution in [0.1, 0.15) is 57.4 Å². The summed E-state index contributed by atoms with van der Waals surface area (Å²) >= 11 is 0. The van der Waals surface area contributed by atoms with Gasteiger partial charge in [0, 0.05) is 17.3 Å². The number of amides is 3. The van der Waals surface area contributed by atoms with Gasteiger partial charge in [0.1, 0.15) is 11.6 Å². The van der Waals surface area contributed by atoms with Crippen molar-refractivity contribution in [3.63, 3.8) is 0 Å². The molecule has 3 heterocycles. The number of nitrogens with zero attached hydrogens (tertiary/aromatic N) is 5. The Hall–Kier alpha value is -4.32. The van der Waals surface area contributed by atoms with Crippen LogP contribution >= 0.6 is 0 Å². The highest BCUT2D eigenvalue weighted by molar-refractivity contribution is 6.22. The predicted molar refractivity (Wildman–Crippen MR) is 111 cm³/mol. The van der Waals surface area contributed by atoms with Gasteiger partial charge in [-0.25, -0.2) is 4.98 Å². The number of benzene rings is 1. The topological polar surface area (TPSA) is 121 Å². The zero-order chi connectivity index (χ0) is 22.3. The van der Waals surface area contributed by atoms with Gasteiger partial charge in [0.15, 0.2) is 11.6 Å². The minimum absolute atomic E-state index is 0.158. The normalized spacial score (nSPS) is 13.2. The molecule has 9 heteroatoms. The summed E-state index contributed by atoms with van der Waals surface area (Å²) in [5.41, 5.74) is 0.0737. The minimum Gasteiger partial charge on any atom is -0.305 e. The summed E-state index contributed by atoms with van der Waals surface area (Å²) in [7, 11) is 0. The molecule has 0 saturated carbocycles. The van der Waals surface area contributed by atoms with Crippen molar-refractivity contribution in [1.29, 1.82) is 5.26 Å². The largest absolute Gasteiger partial charge is 0.305 e. The van der Waals surface area contributed by atoms with Crippen LogP contribution in [-0.4, -0.2) is 42.9 Å². The molecule has 3 aromatic rings. The summed E-state index contributed by atoms with van der Waals surface area (Å²) in [6, 6.07) is 11.5. The maximum Gasteiger partial charge on any atom is 0.262 e. The second-order valence-electron chi connectivity index (χ2n) is 7.95. The molecule has 0 unspecified atom stereocenters. The molecule has 0 radical (unpaired) electrons. The molecule has 0 atom stereocenters. The molecule has 0 saturated heterocycles. The van der Waals surface area contributed by atoms with E-state index in [1.165, 1.54) is 34.0 Å². The molecular formula is C22H18N6O3. The fourth-order valence-electron chi connectivity index (χ4n) is 3.37. The van der Waals surface area contributed by atoms with Gasteiger partial charge in [-0.05, 0) is 51.1 Å². The van der Waals surface area contributed by atoms with Gasteiger partial charge in [-0.2, -0.15) is 15.0 Å². The lowest BCUT2D eigenvalue weighted by Gasteiger charge is -2.29. The zero-order valence-electron chi connectivity index (χ0n) is 17.1. The molecule has 1 aromatic carbocycles. The molecule has 1 aliphatic rings. The van der Waals surface area contributed by atoms with E-state index in [0.29, 0.717) is 5.82 Å². The Bertz CT molecular complexity index is 1260. The molecule has 1 N–H and O–H groups in total. The number of fused-ring (bicyclic) bond motifs is 1. The highest BCUT2D eigenvalue weighted by atomic mass is 16.2. The molecule has 1 aliphatic heterocycles. The lowest BCUT2D eigenvalue weighted by Crippen LogP contribution is -2.45. The molecule has 9 nitrogen and oxygen atoms in total. The quantitative estimate of drug-likeness (QED) is 0.658. The Morgan fingerprint density at radius 2 is 1.84 bits per heavy atom. The fraction of sp³-hybridized carbons (Fsp3) is 0.182. The summed E-state index contributed by atoms with van der Waals surface area (Å²) in [6.07, 6.45) is 2.90. The van der Waals surface area contributed by atoms with Crippen molar-refractivity contribution in [3.8, 4) is 11.9 Å². The Morgan fingerprint density at radius 3 is 2.48 bits per heavy atom. The van der Waals surface area contributed by atoms with Gasteiger partial charge in [0.05, 0.1) is 17.3 Å². The second-order valence-corrected chi connectivity index (χ2v) is 7.95. The van der Waals surface area contributed by atoms with Gasteiger partial charge in [-0.15, -0.1) is 0 Å². The van der Waals surface area contributed by atoms with Crippen molar-refractivity contribution in [2.45, 2.75) is 26.3 Å². The third-order valence-corrected chi connectivity index (χ3v) is 4.81. The number of nitriles is 1. The van der Waals surface area contributed by atoms with E-state index in [0.717, 1.165) is 0 Å². The summed E-state index contributed by atoms with van der Waals surface area (Å²) in [5.74, 6) is -0.801. The average molecular weight is 414 g/mol. The molecule has 0 fully saturated rings. The van der Waals surface area contributed by atoms with Crippen LogP contribution in [0, 0.1) is 11.3 Å². The molecule has 2 aromatic heterocycles. The number of anilines is 1. The summed E-state index contributed by atoms with van der Waals surface area (Å²) < 4.78 is 1.35. The van der Waals surface area contributed by atoms with Crippen molar-refractivity contribution in [1.82, 2.24) is 19.7 Å². The first kappa shape index (κ1) is 20.0. The van der Waals surface area contributed by atoms with Crippen molar-refractivity contribution >= 4 is 23.5 Å². The lowest BCUT2D eigenvalue weighted by molar-refractivity contribution is 0.0507. The first-order chi connectivity index (χ1) is 14.7. The van der Waals surface area contributed by atoms with E-state index in [9.17, 15) is 19.6 Å². The van der Waals surface area contributed by atoms with Crippen LogP contribution < -0.4 is 5.32 Å². The Labute approximate surface area is 177 Å². The second kappa shape index (κ2) is 7.18. The van der Waals surface area contributed by atoms with Gasteiger partial charge in [-0.1, -0.05) is 6.07 Å². The number of aromatic nitrogens is 3. The number of carbonyl (C=O) groups excluding carboxylic acids is 3. The predicted octanol–water partition coefficient (Wildman–Crippen LogP) is 2.79. The molecule has 0 bridgehead atoms. The van der Waals surface area contributed by atoms with Gasteiger partial charge < -0.3 is 5.32 Å². The third kappa shape index (κ3) is 3.34. The van der Waals surface area contributed by atoms with E-state index >= 15 is 0 Å². The van der Waals surface area contributed by atoms with Crippen LogP contribution in [0.4, 0.5) is 5.82 Å². The van der Waals surface area contributed by atoms with Gasteiger partial charge in [0.2, 0.25) is 0 Å². The number of rotatable bonds is 3. The molecule has 154 valence electrons. The Balaban J connectivity index is 1.68. The van der Waals surface area contributed by atoms with E-state index in [1.54, 1.807) is 45.2 Å². The molecule has 4 rings (SSSR count). The molecule has 31 heavy (non-hydrogen) atoms. The van der Waals surface area contributed by atoms with E-state index < -0.39 is 17.4 Å². The first-order valence-corrected chi connectivity index (χ1v) is 9.46. The summed E-state index contributed by atoms with van der Waals surface area (Å²) in [5, 5.41) is 16.2. The van der Waals surface area contributed by atoms with Crippen LogP contribution in [0.15, 0.2) is 48.8 Å². The van der Waals surface area contributed by atoms with Crippen molar-refractivity contribution in [2.24, 2.45) is 0 Å². The van der Waals surface area contributed by atoms with Crippen molar-refractivity contribution in [3.05, 3.63) is 71.0 Å². The molecular weight excluding hydrogens is 396 g/mol. The summed E-state index contributed by atoms with van der Waals surface area (Å²) in [4.78, 5) is 43.7. The fourth-order valence-corrected chi connectivity index (χ4v) is 3.37. The molecule has 0 aliphatic carbocycles. The average Bonchev–Trinajstić information content (AvgIpc) is 3.26. The third-order valence-electron chi connectivity index (χ3n) is 4.81. The van der Waals surface area contributed by atoms with E-state index in [-0.39, 0.29) is 34.0 Å². The smallest absolute Gasteiger partial charge is 0.262 e. The van der Waals surface area contributed by atoms with Crippen LogP contribution in [-0.2, 0) is 0 Å². The highest BCUT2D eigenvalue weighted by Gasteiger charge is 2.42. The Morgan fingerprint density at radius 1 is 1.10 bits per heavy atom. The van der Waals surface area contributed by atoms with Gasteiger partial charge in [0.25, 0.3) is 17.7 Å². The molecule has 3 amide bonds. The van der Waals surface area contributed by atoms with Crippen LogP contribution in [0.25, 0.3) is 5.82 Å². The minimum atomic E-state index is -0.688. The van der Waals surface area contributed by atoms with Crippen LogP contribution in [0.3, 0.4) is 0 Å². The Kier molecular flexibility index (Phi) is 4.62. The van der Waals surface area contributed by atoms with Crippen molar-refractivity contribution < 1.29 is 14.4 Å². The number of hydrogen-bond acceptors (Lipinski definition) is 6. The number of pyridine rings is 1. The number of carbonyl (C=O) groups is 3. The zero-order valence-corrected chi connectivity index (χ0v) is 17.1. The monoisotopic (exact) mass is 414 g/mol. The first-order valence-electron chi connectivity index (χ1n) is 9.46. The number of hydrogen-bond donors (Lipinski definition) is 1. The lowest BCUT2D eigenvalue weighted by atomic mass is 10.1. The number of nitrogens with one attached hydrogen (secondary N) is 1. The van der Waals surface area contributed by atoms with E-state index in [1.807, 2.05) is 6.07 Å². The maximum absolute atomic E-state index is 12.9. The maximum atomic E-state index is 12.9. The summed E-state index contributed by atoms with van der Waals surface area (Å²) in [6.45, 7) is 5.31. The van der Waals surface area contributed by atoms with E-state index in [4.69, 9.17) is 0 Å². The van der Waals surface area contributed by atoms with Gasteiger partial charge in [-0.3, -0.25) is 19.3 Å². The van der Waals surface area contributed by atoms with Crippen molar-refractivity contribution in [2.75, 3.05) is 5.32 Å². The highest BCUT2D eigenvalue weighted by Crippen LogP contribution is 2.30. The van der Waals surface area contributed by atoms with Crippen LogP contribution in [0.5, 0.6) is 0 Å². The standard InChI is InChI=1S/C22H18N6O3/c1-22(2,3)27-20(30)15-8-7-13(10-16(15)21(27)31)19(29)26-18-14(11-23)12-25-28(18)17-6-4-5-9-24-17/h4-10,12H,1-3H3,(H,26,29).